The van der Waals surface area contributed by atoms with Crippen molar-refractivity contribution in [3.8, 4) is 5.75 Å². The normalized spacial score (nSPS) is 10.4. The third-order valence-electron chi connectivity index (χ3n) is 2.98. The van der Waals surface area contributed by atoms with Crippen LogP contribution < -0.4 is 0 Å². The van der Waals surface area contributed by atoms with Gasteiger partial charge in [0.1, 0.15) is 17.3 Å². The molecule has 0 atom stereocenters. The molecule has 1 N–H and O–H groups in total. The first-order valence-electron chi connectivity index (χ1n) is 6.90. The van der Waals surface area contributed by atoms with Crippen LogP contribution in [0.4, 0.5) is 18.9 Å². The van der Waals surface area contributed by atoms with Crippen LogP contribution in [0.15, 0.2) is 35.3 Å². The number of benzene rings is 2. The molecule has 2 nitrogen and oxygen atoms in total. The zero-order chi connectivity index (χ0) is 18.1. The number of aliphatic imine (C=N–C) groups is 1. The second kappa shape index (κ2) is 10.8. The Bertz CT molecular complexity index is 691. The van der Waals surface area contributed by atoms with Gasteiger partial charge in [0, 0.05) is 23.9 Å². The fraction of sp³-hybridized carbons (Fsp3) is 0.188. The molecule has 0 radical (unpaired) electrons. The van der Waals surface area contributed by atoms with Crippen LogP contribution in [0.5, 0.6) is 5.75 Å². The molecule has 0 aromatic heterocycles. The first-order chi connectivity index (χ1) is 11.4. The number of para-hydroxylation sites is 1. The Hall–Kier alpha value is -1.01. The van der Waals surface area contributed by atoms with E-state index in [1.54, 1.807) is 18.2 Å². The topological polar surface area (TPSA) is 32.6 Å². The molecular formula is C16H14Cl2F3NOTi. The molecular weight excluding hydrogens is 398 g/mol. The van der Waals surface area contributed by atoms with E-state index in [9.17, 15) is 18.3 Å². The van der Waals surface area contributed by atoms with Crippen LogP contribution in [0, 0.1) is 17.5 Å². The Morgan fingerprint density at radius 1 is 1.17 bits per heavy atom. The number of hydrogen-bond donors (Lipinski definition) is 1. The number of aromatic hydroxyl groups is 1. The minimum atomic E-state index is -1.09. The summed E-state index contributed by atoms with van der Waals surface area (Å²) in [4.78, 5) is 3.68. The van der Waals surface area contributed by atoms with Gasteiger partial charge in [-0.25, -0.2) is 18.2 Å². The van der Waals surface area contributed by atoms with E-state index in [4.69, 9.17) is 18.6 Å². The molecule has 0 bridgehead atoms. The fourth-order valence-corrected chi connectivity index (χ4v) is 1.98. The van der Waals surface area contributed by atoms with Crippen molar-refractivity contribution >= 4 is 30.5 Å². The minimum absolute atomic E-state index is 0.0334. The summed E-state index contributed by atoms with van der Waals surface area (Å²) < 4.78 is 39.7. The quantitative estimate of drug-likeness (QED) is 0.493. The van der Waals surface area contributed by atoms with E-state index in [1.807, 2.05) is 6.92 Å². The van der Waals surface area contributed by atoms with E-state index in [0.717, 1.165) is 18.2 Å². The van der Waals surface area contributed by atoms with Gasteiger partial charge in [-0.3, -0.25) is 0 Å². The molecule has 8 heteroatoms. The molecule has 0 aliphatic carbocycles. The molecule has 0 fully saturated rings. The zero-order valence-electron chi connectivity index (χ0n) is 12.7. The van der Waals surface area contributed by atoms with E-state index in [-0.39, 0.29) is 5.75 Å². The molecule has 0 aliphatic rings. The van der Waals surface area contributed by atoms with Gasteiger partial charge in [-0.2, -0.15) is 0 Å². The third kappa shape index (κ3) is 6.13. The average molecular weight is 412 g/mol. The molecule has 0 unspecified atom stereocenters. The molecule has 0 saturated carbocycles. The van der Waals surface area contributed by atoms with Gasteiger partial charge in [0.25, 0.3) is 0 Å². The number of phenolic OH excluding ortho intramolecular Hbond substituents is 1. The van der Waals surface area contributed by atoms with Gasteiger partial charge in [0.05, 0.1) is 0 Å². The molecule has 24 heavy (non-hydrogen) atoms. The van der Waals surface area contributed by atoms with Gasteiger partial charge in [-0.15, -0.1) is 0 Å². The number of hydrogen-bond acceptors (Lipinski definition) is 2. The van der Waals surface area contributed by atoms with Gasteiger partial charge in [0.2, 0.25) is 0 Å². The first-order valence-corrected chi connectivity index (χ1v) is 11.2. The van der Waals surface area contributed by atoms with Gasteiger partial charge >= 0.3 is 35.6 Å². The second-order valence-electron chi connectivity index (χ2n) is 4.65. The Labute approximate surface area is 155 Å². The first kappa shape index (κ1) is 21.0. The molecule has 128 valence electrons. The van der Waals surface area contributed by atoms with Gasteiger partial charge in [-0.1, -0.05) is 25.5 Å². The molecule has 2 aromatic carbocycles. The van der Waals surface area contributed by atoms with Crippen molar-refractivity contribution in [2.45, 2.75) is 19.8 Å². The van der Waals surface area contributed by atoms with E-state index in [2.05, 4.69) is 4.99 Å². The van der Waals surface area contributed by atoms with Crippen LogP contribution in [-0.4, -0.2) is 11.3 Å². The number of phenols is 1. The van der Waals surface area contributed by atoms with Crippen molar-refractivity contribution in [3.63, 3.8) is 0 Å². The number of halogens is 5. The van der Waals surface area contributed by atoms with Gasteiger partial charge < -0.3 is 5.11 Å². The fourth-order valence-electron chi connectivity index (χ4n) is 1.98. The van der Waals surface area contributed by atoms with Gasteiger partial charge in [-0.05, 0) is 18.1 Å². The van der Waals surface area contributed by atoms with Crippen molar-refractivity contribution in [1.29, 1.82) is 0 Å². The van der Waals surface area contributed by atoms with Crippen molar-refractivity contribution in [2.24, 2.45) is 4.99 Å². The van der Waals surface area contributed by atoms with Crippen molar-refractivity contribution < 1.29 is 35.3 Å². The molecule has 2 aromatic rings. The van der Waals surface area contributed by atoms with Crippen LogP contribution >= 0.6 is 18.6 Å². The monoisotopic (exact) mass is 411 g/mol. The van der Waals surface area contributed by atoms with Crippen LogP contribution in [-0.2, 0) is 23.5 Å². The Morgan fingerprint density at radius 2 is 1.75 bits per heavy atom. The second-order valence-corrected chi connectivity index (χ2v) is 7.23. The molecule has 0 heterocycles. The maximum absolute atomic E-state index is 13.5. The predicted molar refractivity (Wildman–Crippen MR) is 87.4 cm³/mol. The molecule has 0 aliphatic heterocycles. The summed E-state index contributed by atoms with van der Waals surface area (Å²) >= 11 is -0.556. The number of aryl methyl sites for hydroxylation is 1. The summed E-state index contributed by atoms with van der Waals surface area (Å²) in [5, 5.41) is 10.0. The van der Waals surface area contributed by atoms with Crippen LogP contribution in [0.2, 0.25) is 0 Å². The zero-order valence-corrected chi connectivity index (χ0v) is 15.7. The molecule has 0 spiro atoms. The molecule has 2 rings (SSSR count). The summed E-state index contributed by atoms with van der Waals surface area (Å²) in [5.41, 5.74) is 0.502. The van der Waals surface area contributed by atoms with E-state index >= 15 is 0 Å². The van der Waals surface area contributed by atoms with Crippen molar-refractivity contribution in [2.75, 3.05) is 0 Å². The van der Waals surface area contributed by atoms with Crippen molar-refractivity contribution in [3.05, 3.63) is 58.9 Å². The summed E-state index contributed by atoms with van der Waals surface area (Å²) in [6.45, 7) is 1.98. The van der Waals surface area contributed by atoms with E-state index in [1.165, 1.54) is 0 Å². The standard InChI is InChI=1S/C16H14F3NO.2ClH.Ti/c1-2-4-10-5-3-6-11(16(10)21)9-20-15-13(18)7-12(17)8-14(15)19;;;/h3,5-9,21H,2,4H2,1H3;2*1H;/q;;;+2/p-2. The number of rotatable bonds is 4. The predicted octanol–water partition coefficient (Wildman–Crippen LogP) is 5.89. The summed E-state index contributed by atoms with van der Waals surface area (Å²) in [7, 11) is 9.78. The Balaban J connectivity index is 0.000000891. The maximum atomic E-state index is 13.5. The number of nitrogens with zero attached hydrogens (tertiary/aromatic N) is 1. The Kier molecular flexibility index (Phi) is 9.45. The summed E-state index contributed by atoms with van der Waals surface area (Å²) in [6, 6.07) is 6.20. The van der Waals surface area contributed by atoms with Crippen LogP contribution in [0.3, 0.4) is 0 Å². The summed E-state index contributed by atoms with van der Waals surface area (Å²) in [6.07, 6.45) is 2.70. The SMILES string of the molecule is CCCc1cccc(C=Nc2c(F)cc(F)cc2F)c1O.[Cl][Ti][Cl]. The third-order valence-corrected chi connectivity index (χ3v) is 2.98. The molecule has 0 saturated heterocycles. The Morgan fingerprint density at radius 3 is 2.29 bits per heavy atom. The van der Waals surface area contributed by atoms with Crippen LogP contribution in [0.1, 0.15) is 24.5 Å². The van der Waals surface area contributed by atoms with Crippen LogP contribution in [0.25, 0.3) is 0 Å². The average Bonchev–Trinajstić information content (AvgIpc) is 2.50. The van der Waals surface area contributed by atoms with Crippen molar-refractivity contribution in [1.82, 2.24) is 0 Å². The molecule has 0 amide bonds. The summed E-state index contributed by atoms with van der Waals surface area (Å²) in [5.74, 6) is -3.15. The van der Waals surface area contributed by atoms with Gasteiger partial charge in [0.15, 0.2) is 11.6 Å². The van der Waals surface area contributed by atoms with E-state index < -0.39 is 40.2 Å². The van der Waals surface area contributed by atoms with E-state index in [0.29, 0.717) is 24.1 Å².